The minimum absolute atomic E-state index is 0.105. The third kappa shape index (κ3) is 9.48. The quantitative estimate of drug-likeness (QED) is 0.278. The van der Waals surface area contributed by atoms with Crippen molar-refractivity contribution in [3.8, 4) is 0 Å². The smallest absolute Gasteiger partial charge is 0.432 e. The highest BCUT2D eigenvalue weighted by Crippen LogP contribution is 1.98. The molecule has 0 aliphatic rings. The zero-order chi connectivity index (χ0) is 12.4. The van der Waals surface area contributed by atoms with E-state index in [1.54, 1.807) is 6.92 Å². The molecule has 0 spiro atoms. The van der Waals surface area contributed by atoms with E-state index in [4.69, 9.17) is 14.2 Å². The topological polar surface area (TPSA) is 54.0 Å². The average molecular weight is 232 g/mol. The van der Waals surface area contributed by atoms with E-state index < -0.39 is 6.16 Å². The predicted octanol–water partition coefficient (Wildman–Crippen LogP) is 2.11. The number of hydrogen-bond donors (Lipinski definition) is 0. The fraction of sp³-hybridized carbons (Fsp3) is 0.727. The summed E-state index contributed by atoms with van der Waals surface area (Å²) in [7, 11) is 0. The molecule has 5 heteroatoms. The van der Waals surface area contributed by atoms with Gasteiger partial charge in [-0.25, -0.2) is 4.79 Å². The standard InChI is InChI=1S/C11H20O5/c1-5-6-14-11(12)15-8-7-13-10(4)16-9(2)3/h5,9-10H,1,6-8H2,2-4H3. The van der Waals surface area contributed by atoms with Gasteiger partial charge in [-0.3, -0.25) is 0 Å². The largest absolute Gasteiger partial charge is 0.508 e. The van der Waals surface area contributed by atoms with Crippen molar-refractivity contribution >= 4 is 6.16 Å². The molecule has 0 aliphatic carbocycles. The molecule has 0 aromatic carbocycles. The van der Waals surface area contributed by atoms with Crippen molar-refractivity contribution in [2.24, 2.45) is 0 Å². The van der Waals surface area contributed by atoms with Gasteiger partial charge < -0.3 is 18.9 Å². The van der Waals surface area contributed by atoms with Gasteiger partial charge in [-0.2, -0.15) is 0 Å². The van der Waals surface area contributed by atoms with Gasteiger partial charge in [0, 0.05) is 0 Å². The summed E-state index contributed by atoms with van der Waals surface area (Å²) in [6.07, 6.45) is 0.540. The van der Waals surface area contributed by atoms with Gasteiger partial charge in [0.15, 0.2) is 6.29 Å². The maximum atomic E-state index is 10.8. The van der Waals surface area contributed by atoms with E-state index in [2.05, 4.69) is 11.3 Å². The Labute approximate surface area is 96.3 Å². The molecular formula is C11H20O5. The van der Waals surface area contributed by atoms with Crippen molar-refractivity contribution in [2.75, 3.05) is 19.8 Å². The SMILES string of the molecule is C=CCOC(=O)OCCOC(C)OC(C)C. The highest BCUT2D eigenvalue weighted by molar-refractivity contribution is 5.59. The van der Waals surface area contributed by atoms with Crippen LogP contribution in [0.4, 0.5) is 4.79 Å². The molecule has 0 saturated carbocycles. The first-order valence-corrected chi connectivity index (χ1v) is 5.23. The van der Waals surface area contributed by atoms with E-state index in [1.165, 1.54) is 6.08 Å². The molecule has 1 atom stereocenters. The van der Waals surface area contributed by atoms with Crippen molar-refractivity contribution in [1.29, 1.82) is 0 Å². The van der Waals surface area contributed by atoms with E-state index in [0.29, 0.717) is 0 Å². The second-order valence-corrected chi connectivity index (χ2v) is 3.32. The van der Waals surface area contributed by atoms with E-state index in [9.17, 15) is 4.79 Å². The molecule has 0 fully saturated rings. The third-order valence-electron chi connectivity index (χ3n) is 1.44. The lowest BCUT2D eigenvalue weighted by Crippen LogP contribution is -2.21. The number of carbonyl (C=O) groups is 1. The van der Waals surface area contributed by atoms with Crippen LogP contribution < -0.4 is 0 Å². The van der Waals surface area contributed by atoms with Crippen molar-refractivity contribution in [3.05, 3.63) is 12.7 Å². The third-order valence-corrected chi connectivity index (χ3v) is 1.44. The molecule has 0 aromatic rings. The van der Waals surface area contributed by atoms with Gasteiger partial charge in [0.25, 0.3) is 0 Å². The molecule has 0 amide bonds. The van der Waals surface area contributed by atoms with Gasteiger partial charge in [-0.15, -0.1) is 0 Å². The monoisotopic (exact) mass is 232 g/mol. The molecule has 0 aromatic heterocycles. The molecule has 0 bridgehead atoms. The van der Waals surface area contributed by atoms with Crippen LogP contribution in [-0.4, -0.2) is 38.4 Å². The lowest BCUT2D eigenvalue weighted by atomic mass is 10.5. The molecule has 0 N–H and O–H groups in total. The van der Waals surface area contributed by atoms with Crippen molar-refractivity contribution < 1.29 is 23.7 Å². The van der Waals surface area contributed by atoms with Crippen molar-refractivity contribution in [2.45, 2.75) is 33.2 Å². The van der Waals surface area contributed by atoms with E-state index in [0.717, 1.165) is 0 Å². The maximum absolute atomic E-state index is 10.8. The lowest BCUT2D eigenvalue weighted by molar-refractivity contribution is -0.156. The Bertz CT molecular complexity index is 203. The fourth-order valence-electron chi connectivity index (χ4n) is 0.930. The lowest BCUT2D eigenvalue weighted by Gasteiger charge is -2.16. The van der Waals surface area contributed by atoms with Crippen LogP contribution in [-0.2, 0) is 18.9 Å². The highest BCUT2D eigenvalue weighted by atomic mass is 16.7. The fourth-order valence-corrected chi connectivity index (χ4v) is 0.930. The number of hydrogen-bond acceptors (Lipinski definition) is 5. The Morgan fingerprint density at radius 1 is 1.25 bits per heavy atom. The summed E-state index contributed by atoms with van der Waals surface area (Å²) in [6.45, 7) is 9.59. The van der Waals surface area contributed by atoms with Gasteiger partial charge in [0.1, 0.15) is 13.2 Å². The zero-order valence-electron chi connectivity index (χ0n) is 10.1. The summed E-state index contributed by atoms with van der Waals surface area (Å²) >= 11 is 0. The van der Waals surface area contributed by atoms with Crippen molar-refractivity contribution in [3.63, 3.8) is 0 Å². The molecular weight excluding hydrogens is 212 g/mol. The Morgan fingerprint density at radius 2 is 1.94 bits per heavy atom. The molecule has 94 valence electrons. The minimum atomic E-state index is -0.721. The normalized spacial score (nSPS) is 12.2. The van der Waals surface area contributed by atoms with E-state index in [1.807, 2.05) is 13.8 Å². The van der Waals surface area contributed by atoms with Gasteiger partial charge in [0.2, 0.25) is 0 Å². The van der Waals surface area contributed by atoms with Crippen LogP contribution in [0.3, 0.4) is 0 Å². The maximum Gasteiger partial charge on any atom is 0.508 e. The van der Waals surface area contributed by atoms with E-state index in [-0.39, 0.29) is 32.2 Å². The molecule has 1 unspecified atom stereocenters. The molecule has 0 heterocycles. The van der Waals surface area contributed by atoms with Crippen LogP contribution in [0.15, 0.2) is 12.7 Å². The van der Waals surface area contributed by atoms with Gasteiger partial charge in [0.05, 0.1) is 12.7 Å². The second-order valence-electron chi connectivity index (χ2n) is 3.32. The number of carbonyl (C=O) groups excluding carboxylic acids is 1. The summed E-state index contributed by atoms with van der Waals surface area (Å²) in [6, 6.07) is 0. The number of rotatable bonds is 8. The average Bonchev–Trinajstić information content (AvgIpc) is 2.20. The van der Waals surface area contributed by atoms with Crippen LogP contribution in [0.5, 0.6) is 0 Å². The second kappa shape index (κ2) is 9.18. The summed E-state index contributed by atoms with van der Waals surface area (Å²) in [5.41, 5.74) is 0. The zero-order valence-corrected chi connectivity index (χ0v) is 10.1. The predicted molar refractivity (Wildman–Crippen MR) is 59.1 cm³/mol. The van der Waals surface area contributed by atoms with Crippen LogP contribution in [0, 0.1) is 0 Å². The van der Waals surface area contributed by atoms with Crippen molar-refractivity contribution in [1.82, 2.24) is 0 Å². The molecule has 0 rings (SSSR count). The van der Waals surface area contributed by atoms with Gasteiger partial charge >= 0.3 is 6.16 Å². The summed E-state index contributed by atoms with van der Waals surface area (Å²) in [4.78, 5) is 10.8. The molecule has 0 radical (unpaired) electrons. The molecule has 16 heavy (non-hydrogen) atoms. The summed E-state index contributed by atoms with van der Waals surface area (Å²) in [5, 5.41) is 0. The summed E-state index contributed by atoms with van der Waals surface area (Å²) in [5.74, 6) is 0. The first-order chi connectivity index (χ1) is 7.56. The Kier molecular flexibility index (Phi) is 8.56. The first kappa shape index (κ1) is 14.9. The minimum Gasteiger partial charge on any atom is -0.432 e. The van der Waals surface area contributed by atoms with Crippen LogP contribution in [0.2, 0.25) is 0 Å². The molecule has 0 saturated heterocycles. The first-order valence-electron chi connectivity index (χ1n) is 5.23. The number of ether oxygens (including phenoxy) is 4. The van der Waals surface area contributed by atoms with Crippen LogP contribution in [0.25, 0.3) is 0 Å². The van der Waals surface area contributed by atoms with Gasteiger partial charge in [-0.05, 0) is 20.8 Å². The Balaban J connectivity index is 3.38. The summed E-state index contributed by atoms with van der Waals surface area (Å²) < 4.78 is 19.9. The Morgan fingerprint density at radius 3 is 2.50 bits per heavy atom. The van der Waals surface area contributed by atoms with Gasteiger partial charge in [-0.1, -0.05) is 12.7 Å². The van der Waals surface area contributed by atoms with Crippen LogP contribution >= 0.6 is 0 Å². The van der Waals surface area contributed by atoms with E-state index >= 15 is 0 Å². The highest BCUT2D eigenvalue weighted by Gasteiger charge is 2.06. The molecule has 5 nitrogen and oxygen atoms in total. The molecule has 0 aliphatic heterocycles. The Hall–Kier alpha value is -1.07. The van der Waals surface area contributed by atoms with Crippen LogP contribution in [0.1, 0.15) is 20.8 Å².